The van der Waals surface area contributed by atoms with E-state index in [-0.39, 0.29) is 6.42 Å². The van der Waals surface area contributed by atoms with Gasteiger partial charge in [0.1, 0.15) is 5.60 Å². The van der Waals surface area contributed by atoms with Crippen LogP contribution in [0.25, 0.3) is 0 Å². The number of ether oxygens (including phenoxy) is 1. The van der Waals surface area contributed by atoms with Crippen LogP contribution in [0.2, 0.25) is 0 Å². The van der Waals surface area contributed by atoms with E-state index in [4.69, 9.17) is 4.74 Å². The van der Waals surface area contributed by atoms with Gasteiger partial charge in [-0.2, -0.15) is 0 Å². The van der Waals surface area contributed by atoms with Crippen molar-refractivity contribution in [3.63, 3.8) is 0 Å². The van der Waals surface area contributed by atoms with Crippen molar-refractivity contribution in [2.45, 2.75) is 52.2 Å². The summed E-state index contributed by atoms with van der Waals surface area (Å²) in [7, 11) is 0. The summed E-state index contributed by atoms with van der Waals surface area (Å²) in [6.45, 7) is 6.21. The van der Waals surface area contributed by atoms with Gasteiger partial charge in [-0.05, 0) is 58.2 Å². The van der Waals surface area contributed by atoms with Crippen molar-refractivity contribution in [3.05, 3.63) is 34.3 Å². The number of aliphatic hydroxyl groups excluding tert-OH is 1. The summed E-state index contributed by atoms with van der Waals surface area (Å²) < 4.78 is 6.20. The number of alkyl carbamates (subject to hydrolysis) is 1. The maximum Gasteiger partial charge on any atom is 0.407 e. The van der Waals surface area contributed by atoms with Crippen molar-refractivity contribution < 1.29 is 24.5 Å². The number of carboxylic acid groups (broad SMARTS) is 1. The van der Waals surface area contributed by atoms with Crippen LogP contribution in [0, 0.1) is 5.41 Å². The number of carbonyl (C=O) groups is 2. The summed E-state index contributed by atoms with van der Waals surface area (Å²) in [6, 6.07) is 7.05. The van der Waals surface area contributed by atoms with Gasteiger partial charge >= 0.3 is 12.1 Å². The highest BCUT2D eigenvalue weighted by atomic mass is 79.9. The molecule has 2 atom stereocenters. The normalized spacial score (nSPS) is 15.1. The van der Waals surface area contributed by atoms with Gasteiger partial charge in [-0.1, -0.05) is 28.1 Å². The third-order valence-corrected chi connectivity index (χ3v) is 4.21. The number of rotatable bonds is 7. The first kappa shape index (κ1) is 21.4. The first-order chi connectivity index (χ1) is 11.4. The smallest absolute Gasteiger partial charge is 0.407 e. The van der Waals surface area contributed by atoms with Crippen LogP contribution in [0.4, 0.5) is 4.79 Å². The number of aliphatic carboxylic acids is 1. The van der Waals surface area contributed by atoms with E-state index in [1.54, 1.807) is 20.8 Å². The molecule has 140 valence electrons. The maximum absolute atomic E-state index is 12.1. The van der Waals surface area contributed by atoms with E-state index in [9.17, 15) is 19.8 Å². The predicted octanol–water partition coefficient (Wildman–Crippen LogP) is 3.36. The number of amides is 1. The monoisotopic (exact) mass is 415 g/mol. The Labute approximate surface area is 156 Å². The molecule has 7 heteroatoms. The molecule has 0 aliphatic carbocycles. The minimum absolute atomic E-state index is 0.0775. The first-order valence-electron chi connectivity index (χ1n) is 8.03. The fraction of sp³-hybridized carbons (Fsp3) is 0.556. The number of benzene rings is 1. The van der Waals surface area contributed by atoms with Crippen molar-refractivity contribution in [2.24, 2.45) is 5.41 Å². The second-order valence-electron chi connectivity index (χ2n) is 7.40. The van der Waals surface area contributed by atoms with Gasteiger partial charge in [0.05, 0.1) is 12.0 Å². The van der Waals surface area contributed by atoms with Crippen LogP contribution in [-0.2, 0) is 16.0 Å². The Morgan fingerprint density at radius 1 is 1.20 bits per heavy atom. The molecule has 0 saturated carbocycles. The van der Waals surface area contributed by atoms with E-state index in [0.717, 1.165) is 10.0 Å². The van der Waals surface area contributed by atoms with E-state index in [2.05, 4.69) is 21.2 Å². The Balaban J connectivity index is 2.94. The van der Waals surface area contributed by atoms with E-state index < -0.39 is 35.7 Å². The first-order valence-corrected chi connectivity index (χ1v) is 8.83. The van der Waals surface area contributed by atoms with Crippen molar-refractivity contribution in [2.75, 3.05) is 6.61 Å². The minimum atomic E-state index is -1.35. The minimum Gasteiger partial charge on any atom is -0.481 e. The molecule has 0 spiro atoms. The van der Waals surface area contributed by atoms with Crippen LogP contribution in [0.15, 0.2) is 28.7 Å². The fourth-order valence-electron chi connectivity index (χ4n) is 2.32. The van der Waals surface area contributed by atoms with E-state index >= 15 is 0 Å². The summed E-state index contributed by atoms with van der Waals surface area (Å²) in [4.78, 5) is 23.6. The van der Waals surface area contributed by atoms with Crippen LogP contribution < -0.4 is 5.32 Å². The quantitative estimate of drug-likeness (QED) is 0.634. The third-order valence-electron chi connectivity index (χ3n) is 3.68. The van der Waals surface area contributed by atoms with Gasteiger partial charge in [0.2, 0.25) is 0 Å². The lowest BCUT2D eigenvalue weighted by Crippen LogP contribution is -2.45. The Kier molecular flexibility index (Phi) is 7.44. The van der Waals surface area contributed by atoms with Crippen LogP contribution in [0.3, 0.4) is 0 Å². The lowest BCUT2D eigenvalue weighted by Gasteiger charge is -2.29. The largest absolute Gasteiger partial charge is 0.481 e. The molecule has 0 bridgehead atoms. The average Bonchev–Trinajstić information content (AvgIpc) is 2.47. The van der Waals surface area contributed by atoms with E-state index in [1.165, 1.54) is 6.92 Å². The molecule has 25 heavy (non-hydrogen) atoms. The van der Waals surface area contributed by atoms with Crippen molar-refractivity contribution in [3.8, 4) is 0 Å². The molecular formula is C18H26BrNO5. The number of carbonyl (C=O) groups excluding carboxylic acids is 1. The Morgan fingerprint density at radius 2 is 1.76 bits per heavy atom. The molecular weight excluding hydrogens is 390 g/mol. The molecule has 0 aliphatic rings. The summed E-state index contributed by atoms with van der Waals surface area (Å²) in [5, 5.41) is 21.6. The summed E-state index contributed by atoms with van der Waals surface area (Å²) in [5.74, 6) is -1.11. The molecule has 0 aromatic heterocycles. The molecule has 1 unspecified atom stereocenters. The van der Waals surface area contributed by atoms with Gasteiger partial charge in [-0.3, -0.25) is 4.79 Å². The van der Waals surface area contributed by atoms with Gasteiger partial charge in [0, 0.05) is 10.5 Å². The molecule has 0 saturated heterocycles. The average molecular weight is 416 g/mol. The number of halogens is 1. The second kappa shape index (κ2) is 8.67. The molecule has 0 fully saturated rings. The third kappa shape index (κ3) is 7.44. The van der Waals surface area contributed by atoms with Crippen LogP contribution in [0.5, 0.6) is 0 Å². The number of carboxylic acids is 1. The molecule has 0 aliphatic heterocycles. The lowest BCUT2D eigenvalue weighted by atomic mass is 9.82. The van der Waals surface area contributed by atoms with Crippen LogP contribution >= 0.6 is 15.9 Å². The zero-order valence-electron chi connectivity index (χ0n) is 15.0. The second-order valence-corrected chi connectivity index (χ2v) is 8.32. The van der Waals surface area contributed by atoms with Gasteiger partial charge in [0.15, 0.2) is 0 Å². The predicted molar refractivity (Wildman–Crippen MR) is 98.4 cm³/mol. The Hall–Kier alpha value is -1.60. The standard InChI is InChI=1S/C18H26BrNO5/c1-17(2,3)25-16(24)20-14(10-18(4,11-21)15(22)23)9-12-5-7-13(19)8-6-12/h5-8,14,21H,9-11H2,1-4H3,(H,20,24)(H,22,23)/t14-,18?/m1/s1. The van der Waals surface area contributed by atoms with Gasteiger partial charge < -0.3 is 20.3 Å². The summed E-state index contributed by atoms with van der Waals surface area (Å²) in [5.41, 5.74) is -1.07. The molecule has 1 amide bonds. The van der Waals surface area contributed by atoms with E-state index in [1.807, 2.05) is 24.3 Å². The molecule has 1 rings (SSSR count). The maximum atomic E-state index is 12.1. The van der Waals surface area contributed by atoms with Crippen LogP contribution in [-0.4, -0.2) is 40.5 Å². The molecule has 3 N–H and O–H groups in total. The summed E-state index contributed by atoms with van der Waals surface area (Å²) >= 11 is 3.36. The van der Waals surface area contributed by atoms with Crippen molar-refractivity contribution >= 4 is 28.0 Å². The fourth-order valence-corrected chi connectivity index (χ4v) is 2.58. The topological polar surface area (TPSA) is 95.9 Å². The lowest BCUT2D eigenvalue weighted by molar-refractivity contribution is -0.151. The highest BCUT2D eigenvalue weighted by molar-refractivity contribution is 9.10. The number of hydrogen-bond acceptors (Lipinski definition) is 4. The van der Waals surface area contributed by atoms with Crippen LogP contribution in [0.1, 0.15) is 39.7 Å². The Morgan fingerprint density at radius 3 is 2.20 bits per heavy atom. The number of aliphatic hydroxyl groups is 1. The zero-order chi connectivity index (χ0) is 19.3. The highest BCUT2D eigenvalue weighted by Gasteiger charge is 2.36. The SMILES string of the molecule is CC(C)(C)OC(=O)N[C@H](Cc1ccc(Br)cc1)CC(C)(CO)C(=O)O. The summed E-state index contributed by atoms with van der Waals surface area (Å²) in [6.07, 6.45) is -0.107. The van der Waals surface area contributed by atoms with Gasteiger partial charge in [-0.25, -0.2) is 4.79 Å². The molecule has 6 nitrogen and oxygen atoms in total. The molecule has 0 radical (unpaired) electrons. The van der Waals surface area contributed by atoms with Crippen molar-refractivity contribution in [1.82, 2.24) is 5.32 Å². The van der Waals surface area contributed by atoms with Crippen molar-refractivity contribution in [1.29, 1.82) is 0 Å². The molecule has 0 heterocycles. The highest BCUT2D eigenvalue weighted by Crippen LogP contribution is 2.25. The van der Waals surface area contributed by atoms with E-state index in [0.29, 0.717) is 6.42 Å². The van der Waals surface area contributed by atoms with Gasteiger partial charge in [-0.15, -0.1) is 0 Å². The van der Waals surface area contributed by atoms with Gasteiger partial charge in [0.25, 0.3) is 0 Å². The molecule has 1 aromatic rings. The number of hydrogen-bond donors (Lipinski definition) is 3. The molecule has 1 aromatic carbocycles. The Bertz CT molecular complexity index is 596. The number of nitrogens with one attached hydrogen (secondary N) is 1. The zero-order valence-corrected chi connectivity index (χ0v) is 16.6.